The molecule has 0 saturated carbocycles. The molecule has 1 N–H and O–H groups in total. The molecule has 24 heavy (non-hydrogen) atoms. The molecule has 0 aliphatic rings. The van der Waals surface area contributed by atoms with Crippen LogP contribution in [0.3, 0.4) is 0 Å². The van der Waals surface area contributed by atoms with E-state index in [-0.39, 0.29) is 12.3 Å². The van der Waals surface area contributed by atoms with Crippen molar-refractivity contribution in [1.29, 1.82) is 0 Å². The van der Waals surface area contributed by atoms with E-state index in [0.717, 1.165) is 12.2 Å². The molecule has 0 unspecified atom stereocenters. The lowest BCUT2D eigenvalue weighted by atomic mass is 10.2. The summed E-state index contributed by atoms with van der Waals surface area (Å²) < 4.78 is 0. The SMILES string of the molecule is CCN(CCO)c1ccc(N=Nc2ccc([N+](=O)[O-])cc2)c(Cl)c1. The summed E-state index contributed by atoms with van der Waals surface area (Å²) in [5.74, 6) is 0. The smallest absolute Gasteiger partial charge is 0.269 e. The van der Waals surface area contributed by atoms with E-state index in [0.29, 0.717) is 22.9 Å². The van der Waals surface area contributed by atoms with Crippen molar-refractivity contribution >= 4 is 34.4 Å². The number of nitro groups is 1. The van der Waals surface area contributed by atoms with E-state index in [1.807, 2.05) is 17.9 Å². The molecular weight excluding hydrogens is 332 g/mol. The molecule has 0 heterocycles. The fraction of sp³-hybridized carbons (Fsp3) is 0.250. The zero-order valence-corrected chi connectivity index (χ0v) is 13.8. The van der Waals surface area contributed by atoms with Crippen molar-refractivity contribution in [3.8, 4) is 0 Å². The molecule has 2 aromatic rings. The Balaban J connectivity index is 2.16. The van der Waals surface area contributed by atoms with Crippen molar-refractivity contribution in [2.45, 2.75) is 6.92 Å². The van der Waals surface area contributed by atoms with Gasteiger partial charge in [0.25, 0.3) is 5.69 Å². The Bertz CT molecular complexity index is 735. The average molecular weight is 349 g/mol. The Morgan fingerprint density at radius 2 is 1.92 bits per heavy atom. The summed E-state index contributed by atoms with van der Waals surface area (Å²) in [6, 6.07) is 11.1. The van der Waals surface area contributed by atoms with Crippen LogP contribution in [0.1, 0.15) is 6.92 Å². The zero-order chi connectivity index (χ0) is 17.5. The summed E-state index contributed by atoms with van der Waals surface area (Å²) in [7, 11) is 0. The highest BCUT2D eigenvalue weighted by Crippen LogP contribution is 2.31. The molecule has 7 nitrogen and oxygen atoms in total. The van der Waals surface area contributed by atoms with E-state index in [1.54, 1.807) is 12.1 Å². The Morgan fingerprint density at radius 1 is 1.21 bits per heavy atom. The normalized spacial score (nSPS) is 11.0. The first-order valence-electron chi connectivity index (χ1n) is 7.36. The molecule has 8 heteroatoms. The van der Waals surface area contributed by atoms with E-state index in [4.69, 9.17) is 16.7 Å². The number of nitro benzene ring substituents is 1. The van der Waals surface area contributed by atoms with Crippen LogP contribution in [0.15, 0.2) is 52.7 Å². The fourth-order valence-electron chi connectivity index (χ4n) is 2.12. The number of nitrogens with zero attached hydrogens (tertiary/aromatic N) is 4. The van der Waals surface area contributed by atoms with Crippen molar-refractivity contribution in [1.82, 2.24) is 0 Å². The maximum atomic E-state index is 10.6. The minimum atomic E-state index is -0.470. The number of hydrogen-bond acceptors (Lipinski definition) is 6. The van der Waals surface area contributed by atoms with Crippen LogP contribution < -0.4 is 4.90 Å². The van der Waals surface area contributed by atoms with Crippen LogP contribution in [-0.4, -0.2) is 29.7 Å². The van der Waals surface area contributed by atoms with Crippen molar-refractivity contribution in [3.05, 3.63) is 57.6 Å². The summed E-state index contributed by atoms with van der Waals surface area (Å²) in [6.07, 6.45) is 0. The molecular formula is C16H17ClN4O3. The Morgan fingerprint density at radius 3 is 2.46 bits per heavy atom. The van der Waals surface area contributed by atoms with Gasteiger partial charge in [-0.25, -0.2) is 0 Å². The number of aliphatic hydroxyl groups excluding tert-OH is 1. The van der Waals surface area contributed by atoms with Crippen molar-refractivity contribution < 1.29 is 10.0 Å². The van der Waals surface area contributed by atoms with E-state index in [1.165, 1.54) is 24.3 Å². The number of halogens is 1. The minimum Gasteiger partial charge on any atom is -0.395 e. The number of azo groups is 1. The van der Waals surface area contributed by atoms with Crippen LogP contribution in [0.5, 0.6) is 0 Å². The number of anilines is 1. The second-order valence-electron chi connectivity index (χ2n) is 4.91. The molecule has 0 aliphatic heterocycles. The third-order valence-corrected chi connectivity index (χ3v) is 3.68. The van der Waals surface area contributed by atoms with Gasteiger partial charge in [0.2, 0.25) is 0 Å². The first kappa shape index (κ1) is 17.8. The van der Waals surface area contributed by atoms with Gasteiger partial charge in [0, 0.05) is 30.9 Å². The predicted octanol–water partition coefficient (Wildman–Crippen LogP) is 4.48. The molecule has 126 valence electrons. The lowest BCUT2D eigenvalue weighted by Crippen LogP contribution is -2.25. The first-order chi connectivity index (χ1) is 11.5. The predicted molar refractivity (Wildman–Crippen MR) is 93.7 cm³/mol. The molecule has 0 amide bonds. The zero-order valence-electron chi connectivity index (χ0n) is 13.1. The van der Waals surface area contributed by atoms with Gasteiger partial charge in [-0.1, -0.05) is 11.6 Å². The average Bonchev–Trinajstić information content (AvgIpc) is 2.59. The number of non-ortho nitro benzene ring substituents is 1. The van der Waals surface area contributed by atoms with E-state index < -0.39 is 4.92 Å². The van der Waals surface area contributed by atoms with Gasteiger partial charge in [-0.2, -0.15) is 5.11 Å². The molecule has 2 rings (SSSR count). The largest absolute Gasteiger partial charge is 0.395 e. The number of hydrogen-bond donors (Lipinski definition) is 1. The standard InChI is InChI=1S/C16H17ClN4O3/c1-2-20(9-10-22)14-7-8-16(15(17)11-14)19-18-12-3-5-13(6-4-12)21(23)24/h3-8,11,22H,2,9-10H2,1H3. The van der Waals surface area contributed by atoms with Gasteiger partial charge < -0.3 is 10.0 Å². The highest BCUT2D eigenvalue weighted by atomic mass is 35.5. The van der Waals surface area contributed by atoms with Gasteiger partial charge in [0.1, 0.15) is 5.69 Å². The molecule has 0 aliphatic carbocycles. The topological polar surface area (TPSA) is 91.3 Å². The number of likely N-dealkylation sites (N-methyl/N-ethyl adjacent to an activating group) is 1. The van der Waals surface area contributed by atoms with Gasteiger partial charge in [-0.3, -0.25) is 10.1 Å². The Hall–Kier alpha value is -2.51. The Kier molecular flexibility index (Phi) is 6.22. The summed E-state index contributed by atoms with van der Waals surface area (Å²) >= 11 is 6.23. The molecule has 0 spiro atoms. The lowest BCUT2D eigenvalue weighted by molar-refractivity contribution is -0.384. The highest BCUT2D eigenvalue weighted by Gasteiger charge is 2.07. The van der Waals surface area contributed by atoms with Gasteiger partial charge in [0.05, 0.1) is 22.2 Å². The first-order valence-corrected chi connectivity index (χ1v) is 7.74. The van der Waals surface area contributed by atoms with Gasteiger partial charge in [0.15, 0.2) is 0 Å². The molecule has 0 atom stereocenters. The number of benzene rings is 2. The number of rotatable bonds is 7. The molecule has 0 bridgehead atoms. The van der Waals surface area contributed by atoms with E-state index in [2.05, 4.69) is 10.2 Å². The van der Waals surface area contributed by atoms with Crippen LogP contribution in [0, 0.1) is 10.1 Å². The highest BCUT2D eigenvalue weighted by molar-refractivity contribution is 6.33. The quantitative estimate of drug-likeness (QED) is 0.453. The van der Waals surface area contributed by atoms with Gasteiger partial charge >= 0.3 is 0 Å². The summed E-state index contributed by atoms with van der Waals surface area (Å²) in [5.41, 5.74) is 1.89. The van der Waals surface area contributed by atoms with Crippen molar-refractivity contribution in [3.63, 3.8) is 0 Å². The second-order valence-corrected chi connectivity index (χ2v) is 5.32. The molecule has 0 radical (unpaired) electrons. The second kappa shape index (κ2) is 8.37. The van der Waals surface area contributed by atoms with E-state index >= 15 is 0 Å². The van der Waals surface area contributed by atoms with E-state index in [9.17, 15) is 10.1 Å². The van der Waals surface area contributed by atoms with Crippen molar-refractivity contribution in [2.24, 2.45) is 10.2 Å². The lowest BCUT2D eigenvalue weighted by Gasteiger charge is -2.22. The van der Waals surface area contributed by atoms with Crippen LogP contribution in [-0.2, 0) is 0 Å². The monoisotopic (exact) mass is 348 g/mol. The van der Waals surface area contributed by atoms with Gasteiger partial charge in [-0.15, -0.1) is 5.11 Å². The number of aliphatic hydroxyl groups is 1. The van der Waals surface area contributed by atoms with Crippen LogP contribution in [0.25, 0.3) is 0 Å². The van der Waals surface area contributed by atoms with Crippen LogP contribution in [0.2, 0.25) is 5.02 Å². The molecule has 0 fully saturated rings. The Labute approximate surface area is 144 Å². The molecule has 0 saturated heterocycles. The fourth-order valence-corrected chi connectivity index (χ4v) is 2.33. The summed E-state index contributed by atoms with van der Waals surface area (Å²) in [4.78, 5) is 12.1. The third-order valence-electron chi connectivity index (χ3n) is 3.38. The van der Waals surface area contributed by atoms with Crippen molar-refractivity contribution in [2.75, 3.05) is 24.6 Å². The minimum absolute atomic E-state index is 0.000115. The molecule has 0 aromatic heterocycles. The summed E-state index contributed by atoms with van der Waals surface area (Å²) in [6.45, 7) is 3.33. The third kappa shape index (κ3) is 4.50. The summed E-state index contributed by atoms with van der Waals surface area (Å²) in [5, 5.41) is 28.2. The maximum absolute atomic E-state index is 10.6. The van der Waals surface area contributed by atoms with Crippen LogP contribution in [0.4, 0.5) is 22.7 Å². The molecule has 2 aromatic carbocycles. The van der Waals surface area contributed by atoms with Crippen LogP contribution >= 0.6 is 11.6 Å². The maximum Gasteiger partial charge on any atom is 0.269 e. The van der Waals surface area contributed by atoms with Gasteiger partial charge in [-0.05, 0) is 37.3 Å².